The maximum Gasteiger partial charge on any atom is 0.188 e. The molecule has 1 aliphatic heterocycles. The summed E-state index contributed by atoms with van der Waals surface area (Å²) in [6.07, 6.45) is 6.05. The Bertz CT molecular complexity index is 632. The summed E-state index contributed by atoms with van der Waals surface area (Å²) in [5, 5.41) is 3.20. The lowest BCUT2D eigenvalue weighted by atomic mass is 10.2. The minimum Gasteiger partial charge on any atom is -0.493 e. The number of guanidine groups is 1. The largest absolute Gasteiger partial charge is 0.493 e. The van der Waals surface area contributed by atoms with Gasteiger partial charge in [-0.3, -0.25) is 4.90 Å². The fourth-order valence-electron chi connectivity index (χ4n) is 3.67. The molecule has 0 bridgehead atoms. The van der Waals surface area contributed by atoms with Crippen LogP contribution in [0.3, 0.4) is 0 Å². The Morgan fingerprint density at radius 2 is 2.00 bits per heavy atom. The van der Waals surface area contributed by atoms with Crippen molar-refractivity contribution in [3.8, 4) is 11.5 Å². The molecule has 3 N–H and O–H groups in total. The predicted molar refractivity (Wildman–Crippen MR) is 126 cm³/mol. The van der Waals surface area contributed by atoms with E-state index < -0.39 is 0 Å². The van der Waals surface area contributed by atoms with Crippen molar-refractivity contribution < 1.29 is 14.2 Å². The van der Waals surface area contributed by atoms with Crippen LogP contribution in [0.2, 0.25) is 0 Å². The maximum atomic E-state index is 6.15. The van der Waals surface area contributed by atoms with Gasteiger partial charge in [0.25, 0.3) is 0 Å². The van der Waals surface area contributed by atoms with Gasteiger partial charge in [-0.05, 0) is 56.3 Å². The Hall–Kier alpha value is -1.26. The number of morpholine rings is 1. The first-order valence-electron chi connectivity index (χ1n) is 10.4. The van der Waals surface area contributed by atoms with Gasteiger partial charge in [0.2, 0.25) is 0 Å². The van der Waals surface area contributed by atoms with Crippen LogP contribution < -0.4 is 20.5 Å². The quantitative estimate of drug-likeness (QED) is 0.227. The molecule has 7 nitrogen and oxygen atoms in total. The molecule has 0 unspecified atom stereocenters. The summed E-state index contributed by atoms with van der Waals surface area (Å²) in [6.45, 7) is 6.12. The second-order valence-electron chi connectivity index (χ2n) is 7.45. The molecule has 3 rings (SSSR count). The van der Waals surface area contributed by atoms with Crippen LogP contribution in [0.1, 0.15) is 37.7 Å². The van der Waals surface area contributed by atoms with Crippen LogP contribution in [0.5, 0.6) is 11.5 Å². The highest BCUT2D eigenvalue weighted by molar-refractivity contribution is 14.0. The van der Waals surface area contributed by atoms with Gasteiger partial charge >= 0.3 is 0 Å². The molecular formula is C21H35IN4O3. The second kappa shape index (κ2) is 13.1. The van der Waals surface area contributed by atoms with Gasteiger partial charge in [-0.15, -0.1) is 24.0 Å². The average molecular weight is 518 g/mol. The van der Waals surface area contributed by atoms with Crippen molar-refractivity contribution in [2.24, 2.45) is 10.7 Å². The number of nitrogens with zero attached hydrogens (tertiary/aromatic N) is 2. The summed E-state index contributed by atoms with van der Waals surface area (Å²) in [5.41, 5.74) is 7.08. The van der Waals surface area contributed by atoms with Crippen molar-refractivity contribution in [3.05, 3.63) is 23.8 Å². The molecule has 0 aromatic heterocycles. The van der Waals surface area contributed by atoms with Crippen LogP contribution in [0, 0.1) is 0 Å². The third-order valence-corrected chi connectivity index (χ3v) is 5.32. The number of nitrogens with one attached hydrogen (secondary N) is 1. The Labute approximate surface area is 191 Å². The van der Waals surface area contributed by atoms with E-state index in [-0.39, 0.29) is 24.0 Å². The van der Waals surface area contributed by atoms with E-state index in [0.717, 1.165) is 75.7 Å². The van der Waals surface area contributed by atoms with E-state index in [1.165, 1.54) is 12.8 Å². The molecule has 0 spiro atoms. The molecule has 1 aliphatic carbocycles. The van der Waals surface area contributed by atoms with Crippen LogP contribution in [-0.2, 0) is 11.3 Å². The summed E-state index contributed by atoms with van der Waals surface area (Å²) >= 11 is 0. The van der Waals surface area contributed by atoms with Crippen LogP contribution in [0.4, 0.5) is 0 Å². The van der Waals surface area contributed by atoms with Gasteiger partial charge in [0, 0.05) is 19.6 Å². The Morgan fingerprint density at radius 3 is 2.72 bits per heavy atom. The average Bonchev–Trinajstić information content (AvgIpc) is 3.24. The zero-order valence-corrected chi connectivity index (χ0v) is 19.7. The number of hydrogen-bond donors (Lipinski definition) is 2. The Morgan fingerprint density at radius 1 is 1.24 bits per heavy atom. The van der Waals surface area contributed by atoms with E-state index in [4.69, 9.17) is 19.9 Å². The van der Waals surface area contributed by atoms with Gasteiger partial charge in [-0.2, -0.15) is 0 Å². The van der Waals surface area contributed by atoms with Crippen molar-refractivity contribution in [1.82, 2.24) is 10.2 Å². The van der Waals surface area contributed by atoms with Crippen LogP contribution in [0.25, 0.3) is 0 Å². The summed E-state index contributed by atoms with van der Waals surface area (Å²) in [4.78, 5) is 6.88. The molecule has 2 aliphatic rings. The predicted octanol–water partition coefficient (Wildman–Crippen LogP) is 2.76. The van der Waals surface area contributed by atoms with E-state index >= 15 is 0 Å². The Kier molecular flexibility index (Phi) is 10.9. The lowest BCUT2D eigenvalue weighted by molar-refractivity contribution is 0.0376. The lowest BCUT2D eigenvalue weighted by Crippen LogP contribution is -2.39. The number of ether oxygens (including phenoxy) is 3. The number of methoxy groups -OCH3 is 1. The molecule has 0 amide bonds. The number of halogens is 1. The normalized spacial score (nSPS) is 18.3. The number of aliphatic imine (C=N–C) groups is 1. The molecule has 1 saturated carbocycles. The zero-order valence-electron chi connectivity index (χ0n) is 17.4. The minimum absolute atomic E-state index is 0. The molecule has 1 aromatic carbocycles. The molecule has 1 aromatic rings. The Balaban J connectivity index is 0.00000300. The number of rotatable bonds is 9. The topological polar surface area (TPSA) is 81.3 Å². The number of nitrogens with two attached hydrogens (primary N) is 1. The van der Waals surface area contributed by atoms with Gasteiger partial charge < -0.3 is 25.3 Å². The van der Waals surface area contributed by atoms with E-state index in [2.05, 4.69) is 15.2 Å². The molecule has 164 valence electrons. The third-order valence-electron chi connectivity index (χ3n) is 5.32. The summed E-state index contributed by atoms with van der Waals surface area (Å²) in [5.74, 6) is 2.06. The highest BCUT2D eigenvalue weighted by atomic mass is 127. The lowest BCUT2D eigenvalue weighted by Gasteiger charge is -2.26. The van der Waals surface area contributed by atoms with Crippen LogP contribution in [-0.4, -0.2) is 63.5 Å². The highest BCUT2D eigenvalue weighted by Crippen LogP contribution is 2.32. The second-order valence-corrected chi connectivity index (χ2v) is 7.45. The zero-order chi connectivity index (χ0) is 19.6. The third kappa shape index (κ3) is 8.18. The summed E-state index contributed by atoms with van der Waals surface area (Å²) in [6, 6.07) is 5.98. The van der Waals surface area contributed by atoms with Crippen LogP contribution >= 0.6 is 24.0 Å². The van der Waals surface area contributed by atoms with E-state index in [9.17, 15) is 0 Å². The maximum absolute atomic E-state index is 6.15. The van der Waals surface area contributed by atoms with Crippen molar-refractivity contribution in [2.75, 3.05) is 46.5 Å². The summed E-state index contributed by atoms with van der Waals surface area (Å²) < 4.78 is 17.0. The molecule has 0 atom stereocenters. The molecule has 8 heteroatoms. The van der Waals surface area contributed by atoms with E-state index in [1.54, 1.807) is 7.11 Å². The van der Waals surface area contributed by atoms with Gasteiger partial charge in [-0.25, -0.2) is 4.99 Å². The molecule has 2 fully saturated rings. The van der Waals surface area contributed by atoms with Gasteiger partial charge in [0.05, 0.1) is 33.0 Å². The van der Waals surface area contributed by atoms with Gasteiger partial charge in [-0.1, -0.05) is 6.07 Å². The van der Waals surface area contributed by atoms with Crippen LogP contribution in [0.15, 0.2) is 23.2 Å². The first-order valence-corrected chi connectivity index (χ1v) is 10.4. The van der Waals surface area contributed by atoms with Gasteiger partial charge in [0.15, 0.2) is 17.5 Å². The van der Waals surface area contributed by atoms with E-state index in [1.807, 2.05) is 18.2 Å². The highest BCUT2D eigenvalue weighted by Gasteiger charge is 2.18. The molecule has 0 radical (unpaired) electrons. The van der Waals surface area contributed by atoms with Crippen molar-refractivity contribution in [1.29, 1.82) is 0 Å². The SMILES string of the molecule is COc1ccc(CN=C(N)NCCCN2CCOCC2)cc1OC1CCCC1.I. The monoisotopic (exact) mass is 518 g/mol. The van der Waals surface area contributed by atoms with Gasteiger partial charge in [0.1, 0.15) is 0 Å². The van der Waals surface area contributed by atoms with Crippen molar-refractivity contribution >= 4 is 29.9 Å². The first-order chi connectivity index (χ1) is 13.7. The molecule has 29 heavy (non-hydrogen) atoms. The minimum atomic E-state index is 0. The van der Waals surface area contributed by atoms with Crippen molar-refractivity contribution in [3.63, 3.8) is 0 Å². The number of benzene rings is 1. The van der Waals surface area contributed by atoms with Crippen molar-refractivity contribution in [2.45, 2.75) is 44.8 Å². The van der Waals surface area contributed by atoms with E-state index in [0.29, 0.717) is 18.6 Å². The standard InChI is InChI=1S/C21H34N4O3.HI/c1-26-19-8-7-17(15-20(19)28-18-5-2-3-6-18)16-24-21(22)23-9-4-10-25-11-13-27-14-12-25;/h7-8,15,18H,2-6,9-14,16H2,1H3,(H3,22,23,24);1H. The number of hydrogen-bond acceptors (Lipinski definition) is 5. The molecule has 1 heterocycles. The molecule has 1 saturated heterocycles. The molecular weight excluding hydrogens is 483 g/mol. The summed E-state index contributed by atoms with van der Waals surface area (Å²) in [7, 11) is 1.67. The fourth-order valence-corrected chi connectivity index (χ4v) is 3.67. The first kappa shape index (κ1) is 24.0. The smallest absolute Gasteiger partial charge is 0.188 e. The fraction of sp³-hybridized carbons (Fsp3) is 0.667.